The number of nitrogens with zero attached hydrogens (tertiary/aromatic N) is 2. The maximum absolute atomic E-state index is 10.7. The predicted octanol–water partition coefficient (Wildman–Crippen LogP) is 2.43. The Morgan fingerprint density at radius 3 is 2.83 bits per heavy atom. The molecule has 0 spiro atoms. The molecular formula is C13H16ClN3O. The van der Waals surface area contributed by atoms with Crippen molar-refractivity contribution in [3.8, 4) is 0 Å². The number of aryl methyl sites for hydroxylation is 1. The lowest BCUT2D eigenvalue weighted by molar-refractivity contribution is -0.118. The third kappa shape index (κ3) is 2.82. The van der Waals surface area contributed by atoms with Gasteiger partial charge in [0.05, 0.1) is 16.9 Å². The maximum Gasteiger partial charge on any atom is 0.217 e. The van der Waals surface area contributed by atoms with Crippen molar-refractivity contribution in [1.29, 1.82) is 0 Å². The van der Waals surface area contributed by atoms with Crippen molar-refractivity contribution in [2.75, 3.05) is 0 Å². The van der Waals surface area contributed by atoms with Crippen molar-refractivity contribution in [3.05, 3.63) is 30.1 Å². The third-order valence-electron chi connectivity index (χ3n) is 2.91. The lowest BCUT2D eigenvalue weighted by atomic mass is 10.2. The molecule has 96 valence electrons. The van der Waals surface area contributed by atoms with E-state index in [4.69, 9.17) is 17.3 Å². The van der Waals surface area contributed by atoms with Gasteiger partial charge in [0.2, 0.25) is 5.91 Å². The number of halogens is 1. The number of amides is 1. The molecule has 0 atom stereocenters. The Morgan fingerprint density at radius 1 is 1.33 bits per heavy atom. The molecule has 4 nitrogen and oxygen atoms in total. The first-order chi connectivity index (χ1) is 8.72. The molecule has 1 heterocycles. The summed E-state index contributed by atoms with van der Waals surface area (Å²) in [4.78, 5) is 15.2. The second-order valence-corrected chi connectivity index (χ2v) is 4.49. The summed E-state index contributed by atoms with van der Waals surface area (Å²) in [5.41, 5.74) is 7.17. The number of benzene rings is 1. The lowest BCUT2D eigenvalue weighted by Crippen LogP contribution is -2.10. The van der Waals surface area contributed by atoms with Crippen LogP contribution in [0.15, 0.2) is 24.3 Å². The van der Waals surface area contributed by atoms with Crippen molar-refractivity contribution in [1.82, 2.24) is 9.55 Å². The number of rotatable bonds is 6. The van der Waals surface area contributed by atoms with E-state index in [9.17, 15) is 4.79 Å². The number of carbonyl (C=O) groups excluding carboxylic acids is 1. The summed E-state index contributed by atoms with van der Waals surface area (Å²) >= 11 is 5.91. The second-order valence-electron chi connectivity index (χ2n) is 4.23. The number of hydrogen-bond donors (Lipinski definition) is 1. The van der Waals surface area contributed by atoms with E-state index in [2.05, 4.69) is 9.55 Å². The zero-order valence-corrected chi connectivity index (χ0v) is 10.9. The Morgan fingerprint density at radius 2 is 2.11 bits per heavy atom. The Labute approximate surface area is 111 Å². The minimum absolute atomic E-state index is 0.247. The van der Waals surface area contributed by atoms with Gasteiger partial charge < -0.3 is 10.3 Å². The van der Waals surface area contributed by atoms with Crippen LogP contribution in [0.5, 0.6) is 0 Å². The van der Waals surface area contributed by atoms with Crippen LogP contribution in [0.1, 0.15) is 25.1 Å². The quantitative estimate of drug-likeness (QED) is 0.644. The molecule has 0 aliphatic carbocycles. The fraction of sp³-hybridized carbons (Fsp3) is 0.385. The van der Waals surface area contributed by atoms with Crippen molar-refractivity contribution in [2.45, 2.75) is 31.7 Å². The van der Waals surface area contributed by atoms with E-state index in [0.717, 1.165) is 36.2 Å². The molecule has 1 amide bonds. The zero-order chi connectivity index (χ0) is 13.0. The number of fused-ring (bicyclic) bond motifs is 1. The van der Waals surface area contributed by atoms with Crippen LogP contribution in [0, 0.1) is 0 Å². The molecule has 0 unspecified atom stereocenters. The van der Waals surface area contributed by atoms with E-state index in [0.29, 0.717) is 12.3 Å². The predicted molar refractivity (Wildman–Crippen MR) is 72.3 cm³/mol. The minimum atomic E-state index is -0.247. The van der Waals surface area contributed by atoms with E-state index < -0.39 is 0 Å². The molecule has 18 heavy (non-hydrogen) atoms. The summed E-state index contributed by atoms with van der Waals surface area (Å²) in [7, 11) is 0. The molecule has 2 rings (SSSR count). The summed E-state index contributed by atoms with van der Waals surface area (Å²) < 4.78 is 2.11. The van der Waals surface area contributed by atoms with Crippen LogP contribution in [-0.4, -0.2) is 15.5 Å². The number of primary amides is 1. The number of unbranched alkanes of at least 4 members (excludes halogenated alkanes) is 1. The van der Waals surface area contributed by atoms with Gasteiger partial charge in [-0.3, -0.25) is 4.79 Å². The van der Waals surface area contributed by atoms with Gasteiger partial charge in [-0.2, -0.15) is 0 Å². The number of carbonyl (C=O) groups is 1. The number of imidazole rings is 1. The normalized spacial score (nSPS) is 10.9. The number of para-hydroxylation sites is 2. The number of hydrogen-bond acceptors (Lipinski definition) is 2. The van der Waals surface area contributed by atoms with Crippen molar-refractivity contribution < 1.29 is 4.79 Å². The standard InChI is InChI=1S/C13H16ClN3O/c14-9-13-16-10-5-1-2-6-11(10)17(13)8-4-3-7-12(15)18/h1-2,5-6H,3-4,7-9H2,(H2,15,18). The average molecular weight is 266 g/mol. The van der Waals surface area contributed by atoms with E-state index in [-0.39, 0.29) is 5.91 Å². The first-order valence-corrected chi connectivity index (χ1v) is 6.54. The van der Waals surface area contributed by atoms with Crippen LogP contribution < -0.4 is 5.73 Å². The molecular weight excluding hydrogens is 250 g/mol. The van der Waals surface area contributed by atoms with Crippen molar-refractivity contribution in [2.24, 2.45) is 5.73 Å². The summed E-state index contributed by atoms with van der Waals surface area (Å²) in [6, 6.07) is 7.96. The van der Waals surface area contributed by atoms with Gasteiger partial charge in [-0.25, -0.2) is 4.98 Å². The average Bonchev–Trinajstić information content (AvgIpc) is 2.72. The van der Waals surface area contributed by atoms with Gasteiger partial charge in [-0.15, -0.1) is 11.6 Å². The largest absolute Gasteiger partial charge is 0.370 e. The fourth-order valence-electron chi connectivity index (χ4n) is 2.05. The van der Waals surface area contributed by atoms with Gasteiger partial charge in [-0.05, 0) is 25.0 Å². The Bertz CT molecular complexity index is 550. The monoisotopic (exact) mass is 265 g/mol. The number of alkyl halides is 1. The highest BCUT2D eigenvalue weighted by atomic mass is 35.5. The number of nitrogens with two attached hydrogens (primary N) is 1. The van der Waals surface area contributed by atoms with Gasteiger partial charge in [0.25, 0.3) is 0 Å². The fourth-order valence-corrected chi connectivity index (χ4v) is 2.25. The van der Waals surface area contributed by atoms with Crippen LogP contribution in [0.4, 0.5) is 0 Å². The van der Waals surface area contributed by atoms with Crippen molar-refractivity contribution >= 4 is 28.5 Å². The molecule has 0 aliphatic heterocycles. The molecule has 0 fully saturated rings. The molecule has 2 aromatic rings. The molecule has 0 aliphatic rings. The zero-order valence-electron chi connectivity index (χ0n) is 10.1. The Kier molecular flexibility index (Phi) is 4.20. The molecule has 0 radical (unpaired) electrons. The van der Waals surface area contributed by atoms with Gasteiger partial charge in [0.1, 0.15) is 5.82 Å². The summed E-state index contributed by atoms with van der Waals surface area (Å²) in [5, 5.41) is 0. The van der Waals surface area contributed by atoms with Gasteiger partial charge in [0.15, 0.2) is 0 Å². The maximum atomic E-state index is 10.7. The molecule has 1 aromatic carbocycles. The molecule has 5 heteroatoms. The second kappa shape index (κ2) is 5.87. The topological polar surface area (TPSA) is 60.9 Å². The molecule has 0 bridgehead atoms. The van der Waals surface area contributed by atoms with E-state index in [1.807, 2.05) is 24.3 Å². The van der Waals surface area contributed by atoms with Gasteiger partial charge >= 0.3 is 0 Å². The number of aromatic nitrogens is 2. The van der Waals surface area contributed by atoms with E-state index >= 15 is 0 Å². The molecule has 0 saturated carbocycles. The first kappa shape index (κ1) is 12.9. The lowest BCUT2D eigenvalue weighted by Gasteiger charge is -2.06. The summed E-state index contributed by atoms with van der Waals surface area (Å²) in [6.45, 7) is 0.815. The Hall–Kier alpha value is -1.55. The first-order valence-electron chi connectivity index (χ1n) is 6.01. The van der Waals surface area contributed by atoms with Crippen LogP contribution in [0.2, 0.25) is 0 Å². The highest BCUT2D eigenvalue weighted by Gasteiger charge is 2.08. The SMILES string of the molecule is NC(=O)CCCCn1c(CCl)nc2ccccc21. The third-order valence-corrected chi connectivity index (χ3v) is 3.15. The van der Waals surface area contributed by atoms with E-state index in [1.54, 1.807) is 0 Å². The van der Waals surface area contributed by atoms with Gasteiger partial charge in [-0.1, -0.05) is 12.1 Å². The van der Waals surface area contributed by atoms with Crippen LogP contribution in [0.3, 0.4) is 0 Å². The molecule has 1 aromatic heterocycles. The Balaban J connectivity index is 2.13. The summed E-state index contributed by atoms with van der Waals surface area (Å²) in [6.07, 6.45) is 2.12. The van der Waals surface area contributed by atoms with Crippen LogP contribution in [0.25, 0.3) is 11.0 Å². The van der Waals surface area contributed by atoms with E-state index in [1.165, 1.54) is 0 Å². The van der Waals surface area contributed by atoms with Gasteiger partial charge in [0, 0.05) is 13.0 Å². The molecule has 0 saturated heterocycles. The highest BCUT2D eigenvalue weighted by Crippen LogP contribution is 2.18. The van der Waals surface area contributed by atoms with Crippen LogP contribution in [-0.2, 0) is 17.2 Å². The highest BCUT2D eigenvalue weighted by molar-refractivity contribution is 6.16. The minimum Gasteiger partial charge on any atom is -0.370 e. The van der Waals surface area contributed by atoms with Crippen molar-refractivity contribution in [3.63, 3.8) is 0 Å². The molecule has 2 N–H and O–H groups in total. The smallest absolute Gasteiger partial charge is 0.217 e. The summed E-state index contributed by atoms with van der Waals surface area (Å²) in [5.74, 6) is 1.02. The van der Waals surface area contributed by atoms with Crippen LogP contribution >= 0.6 is 11.6 Å².